The van der Waals surface area contributed by atoms with Gasteiger partial charge < -0.3 is 0 Å². The van der Waals surface area contributed by atoms with Gasteiger partial charge in [-0.25, -0.2) is 0 Å². The first-order valence-corrected chi connectivity index (χ1v) is 9.83. The zero-order valence-electron chi connectivity index (χ0n) is 15.2. The fourth-order valence-corrected chi connectivity index (χ4v) is 6.09. The van der Waals surface area contributed by atoms with Crippen molar-refractivity contribution in [2.45, 2.75) is 34.6 Å². The van der Waals surface area contributed by atoms with E-state index in [1.807, 2.05) is 0 Å². The summed E-state index contributed by atoms with van der Waals surface area (Å²) < 4.78 is 0. The van der Waals surface area contributed by atoms with Crippen molar-refractivity contribution in [3.63, 3.8) is 0 Å². The van der Waals surface area contributed by atoms with E-state index < -0.39 is 7.92 Å². The second kappa shape index (κ2) is 6.91. The molecule has 0 N–H and O–H groups in total. The van der Waals surface area contributed by atoms with Crippen LogP contribution in [0.3, 0.4) is 0 Å². The van der Waals surface area contributed by atoms with Gasteiger partial charge in [-0.2, -0.15) is 0 Å². The Morgan fingerprint density at radius 1 is 0.458 bits per heavy atom. The van der Waals surface area contributed by atoms with Crippen molar-refractivity contribution in [3.05, 3.63) is 88.5 Å². The molecule has 0 radical (unpaired) electrons. The van der Waals surface area contributed by atoms with Crippen LogP contribution < -0.4 is 15.9 Å². The first-order chi connectivity index (χ1) is 11.5. The Kier molecular flexibility index (Phi) is 4.88. The Morgan fingerprint density at radius 2 is 0.875 bits per heavy atom. The third kappa shape index (κ3) is 3.04. The molecule has 0 atom stereocenters. The maximum absolute atomic E-state index is 2.32. The monoisotopic (exact) mass is 332 g/mol. The summed E-state index contributed by atoms with van der Waals surface area (Å²) in [5.74, 6) is 0. The van der Waals surface area contributed by atoms with Gasteiger partial charge in [0.25, 0.3) is 0 Å². The van der Waals surface area contributed by atoms with Gasteiger partial charge in [0.1, 0.15) is 0 Å². The predicted octanol–water partition coefficient (Wildman–Crippen LogP) is 4.99. The van der Waals surface area contributed by atoms with Gasteiger partial charge in [0.15, 0.2) is 0 Å². The quantitative estimate of drug-likeness (QED) is 0.593. The van der Waals surface area contributed by atoms with E-state index in [2.05, 4.69) is 95.3 Å². The van der Waals surface area contributed by atoms with Crippen LogP contribution in [0, 0.1) is 34.6 Å². The summed E-state index contributed by atoms with van der Waals surface area (Å²) in [6, 6.07) is 22.3. The van der Waals surface area contributed by atoms with Crippen LogP contribution in [0.15, 0.2) is 60.7 Å². The van der Waals surface area contributed by atoms with Crippen LogP contribution in [0.4, 0.5) is 0 Å². The Labute approximate surface area is 147 Å². The molecule has 0 saturated heterocycles. The van der Waals surface area contributed by atoms with Crippen molar-refractivity contribution in [3.8, 4) is 0 Å². The highest BCUT2D eigenvalue weighted by atomic mass is 31.1. The number of hydrogen-bond acceptors (Lipinski definition) is 0. The van der Waals surface area contributed by atoms with Crippen molar-refractivity contribution in [2.24, 2.45) is 0 Å². The van der Waals surface area contributed by atoms with Crippen molar-refractivity contribution in [1.82, 2.24) is 0 Å². The second-order valence-electron chi connectivity index (χ2n) is 6.56. The molecular formula is C23H25P. The van der Waals surface area contributed by atoms with Crippen LogP contribution >= 0.6 is 7.92 Å². The summed E-state index contributed by atoms with van der Waals surface area (Å²) in [5, 5.41) is 4.43. The highest BCUT2D eigenvalue weighted by Crippen LogP contribution is 2.37. The van der Waals surface area contributed by atoms with Crippen LogP contribution in [0.1, 0.15) is 27.8 Å². The van der Waals surface area contributed by atoms with E-state index in [1.165, 1.54) is 43.7 Å². The number of rotatable bonds is 3. The van der Waals surface area contributed by atoms with Crippen molar-refractivity contribution >= 4 is 23.8 Å². The zero-order valence-corrected chi connectivity index (χ0v) is 16.1. The first kappa shape index (κ1) is 16.9. The summed E-state index contributed by atoms with van der Waals surface area (Å²) in [6.07, 6.45) is 0. The number of hydrogen-bond donors (Lipinski definition) is 0. The van der Waals surface area contributed by atoms with Crippen molar-refractivity contribution < 1.29 is 0 Å². The van der Waals surface area contributed by atoms with Crippen LogP contribution in [0.2, 0.25) is 0 Å². The third-order valence-electron chi connectivity index (χ3n) is 4.99. The molecule has 0 aliphatic heterocycles. The molecule has 3 aromatic rings. The molecule has 0 saturated carbocycles. The molecular weight excluding hydrogens is 307 g/mol. The molecule has 0 unspecified atom stereocenters. The molecule has 0 aliphatic rings. The summed E-state index contributed by atoms with van der Waals surface area (Å²) in [4.78, 5) is 0. The molecule has 0 aromatic heterocycles. The predicted molar refractivity (Wildman–Crippen MR) is 109 cm³/mol. The summed E-state index contributed by atoms with van der Waals surface area (Å²) in [6.45, 7) is 11.2. The SMILES string of the molecule is Cc1ccccc1P(c1cccc(C)c1C)c1cccc(C)c1C. The summed E-state index contributed by atoms with van der Waals surface area (Å²) >= 11 is 0. The minimum absolute atomic E-state index is 0.541. The lowest BCUT2D eigenvalue weighted by Gasteiger charge is -2.25. The van der Waals surface area contributed by atoms with Crippen molar-refractivity contribution in [1.29, 1.82) is 0 Å². The molecule has 0 spiro atoms. The molecule has 0 amide bonds. The standard InChI is InChI=1S/C23H25P/c1-16-11-8-14-22(19(16)4)24(21-13-7-6-10-18(21)3)23-15-9-12-17(2)20(23)5/h6-15H,1-5H3. The molecule has 1 heteroatoms. The highest BCUT2D eigenvalue weighted by Gasteiger charge is 2.22. The van der Waals surface area contributed by atoms with Crippen LogP contribution in [-0.4, -0.2) is 0 Å². The Balaban J connectivity index is 2.32. The number of benzene rings is 3. The normalized spacial score (nSPS) is 11.1. The van der Waals surface area contributed by atoms with Gasteiger partial charge in [0.05, 0.1) is 0 Å². The van der Waals surface area contributed by atoms with E-state index in [1.54, 1.807) is 0 Å². The summed E-state index contributed by atoms with van der Waals surface area (Å²) in [7, 11) is -0.541. The molecule has 0 heterocycles. The minimum atomic E-state index is -0.541. The molecule has 24 heavy (non-hydrogen) atoms. The van der Waals surface area contributed by atoms with Crippen LogP contribution in [0.5, 0.6) is 0 Å². The van der Waals surface area contributed by atoms with Gasteiger partial charge in [-0.3, -0.25) is 0 Å². The van der Waals surface area contributed by atoms with Gasteiger partial charge in [-0.05, 0) is 86.3 Å². The lowest BCUT2D eigenvalue weighted by molar-refractivity contribution is 1.36. The van der Waals surface area contributed by atoms with Gasteiger partial charge in [-0.15, -0.1) is 0 Å². The smallest absolute Gasteiger partial charge is 0.0119 e. The minimum Gasteiger partial charge on any atom is -0.0620 e. The molecule has 0 aliphatic carbocycles. The molecule has 3 aromatic carbocycles. The average molecular weight is 332 g/mol. The van der Waals surface area contributed by atoms with Crippen molar-refractivity contribution in [2.75, 3.05) is 0 Å². The lowest BCUT2D eigenvalue weighted by Crippen LogP contribution is -2.26. The number of aryl methyl sites for hydroxylation is 3. The highest BCUT2D eigenvalue weighted by molar-refractivity contribution is 7.80. The maximum atomic E-state index is 2.32. The maximum Gasteiger partial charge on any atom is -0.0119 e. The van der Waals surface area contributed by atoms with Gasteiger partial charge in [0.2, 0.25) is 0 Å². The summed E-state index contributed by atoms with van der Waals surface area (Å²) in [5.41, 5.74) is 6.98. The molecule has 122 valence electrons. The molecule has 0 fully saturated rings. The van der Waals surface area contributed by atoms with E-state index in [0.717, 1.165) is 0 Å². The van der Waals surface area contributed by atoms with Gasteiger partial charge >= 0.3 is 0 Å². The largest absolute Gasteiger partial charge is 0.0620 e. The Bertz CT molecular complexity index is 825. The first-order valence-electron chi connectivity index (χ1n) is 8.49. The third-order valence-corrected chi connectivity index (χ3v) is 7.91. The topological polar surface area (TPSA) is 0 Å². The van der Waals surface area contributed by atoms with E-state index in [4.69, 9.17) is 0 Å². The fraction of sp³-hybridized carbons (Fsp3) is 0.217. The average Bonchev–Trinajstić information content (AvgIpc) is 2.57. The van der Waals surface area contributed by atoms with Gasteiger partial charge in [0, 0.05) is 0 Å². The lowest BCUT2D eigenvalue weighted by atomic mass is 10.1. The van der Waals surface area contributed by atoms with Crippen LogP contribution in [0.25, 0.3) is 0 Å². The zero-order chi connectivity index (χ0) is 17.3. The van der Waals surface area contributed by atoms with Gasteiger partial charge in [-0.1, -0.05) is 60.7 Å². The second-order valence-corrected chi connectivity index (χ2v) is 8.68. The van der Waals surface area contributed by atoms with Crippen LogP contribution in [-0.2, 0) is 0 Å². The van der Waals surface area contributed by atoms with E-state index in [0.29, 0.717) is 0 Å². The molecule has 0 nitrogen and oxygen atoms in total. The molecule has 3 rings (SSSR count). The Hall–Kier alpha value is -1.91. The Morgan fingerprint density at radius 3 is 1.38 bits per heavy atom. The van der Waals surface area contributed by atoms with E-state index in [9.17, 15) is 0 Å². The van der Waals surface area contributed by atoms with E-state index in [-0.39, 0.29) is 0 Å². The molecule has 0 bridgehead atoms. The fourth-order valence-electron chi connectivity index (χ4n) is 3.16. The van der Waals surface area contributed by atoms with E-state index >= 15 is 0 Å².